The highest BCUT2D eigenvalue weighted by Crippen LogP contribution is 2.21. The lowest BCUT2D eigenvalue weighted by atomic mass is 10.1. The van der Waals surface area contributed by atoms with Gasteiger partial charge >= 0.3 is 0 Å². The highest BCUT2D eigenvalue weighted by atomic mass is 79.9. The van der Waals surface area contributed by atoms with E-state index in [4.69, 9.17) is 4.42 Å². The van der Waals surface area contributed by atoms with Crippen molar-refractivity contribution in [1.82, 2.24) is 10.2 Å². The fourth-order valence-electron chi connectivity index (χ4n) is 2.03. The van der Waals surface area contributed by atoms with Crippen LogP contribution in [0.5, 0.6) is 0 Å². The first-order chi connectivity index (χ1) is 11.8. The Morgan fingerprint density at radius 1 is 1.04 bits per heavy atom. The first-order valence-electron chi connectivity index (χ1n) is 7.04. The van der Waals surface area contributed by atoms with E-state index in [1.165, 1.54) is 6.07 Å². The van der Waals surface area contributed by atoms with Crippen LogP contribution in [0.25, 0.3) is 11.3 Å². The molecule has 1 amide bonds. The molecule has 3 aromatic rings. The van der Waals surface area contributed by atoms with E-state index >= 15 is 0 Å². The summed E-state index contributed by atoms with van der Waals surface area (Å²) < 4.78 is 28.4. The van der Waals surface area contributed by atoms with Crippen LogP contribution in [0.4, 0.5) is 5.69 Å². The van der Waals surface area contributed by atoms with Gasteiger partial charge in [0.25, 0.3) is 5.91 Å². The molecule has 9 heteroatoms. The summed E-state index contributed by atoms with van der Waals surface area (Å²) in [4.78, 5) is 12.0. The van der Waals surface area contributed by atoms with E-state index < -0.39 is 9.84 Å². The molecule has 25 heavy (non-hydrogen) atoms. The van der Waals surface area contributed by atoms with Gasteiger partial charge in [0.2, 0.25) is 0 Å². The Morgan fingerprint density at radius 3 is 2.28 bits per heavy atom. The lowest BCUT2D eigenvalue weighted by Crippen LogP contribution is -2.10. The summed E-state index contributed by atoms with van der Waals surface area (Å²) in [6.07, 6.45) is 1.08. The summed E-state index contributed by atoms with van der Waals surface area (Å²) in [5.41, 5.74) is 1.86. The number of furan rings is 1. The maximum Gasteiger partial charge on any atom is 0.291 e. The number of halogens is 1. The Hall–Kier alpha value is -2.52. The SMILES string of the molecule is CS(=O)(=O)c1ccc(-c2ccc(NC(=O)c3ccc(Br)o3)cc2)nn1. The first kappa shape index (κ1) is 17.3. The van der Waals surface area contributed by atoms with Gasteiger partial charge in [0.1, 0.15) is 0 Å². The average Bonchev–Trinajstić information content (AvgIpc) is 3.02. The minimum absolute atomic E-state index is 0.0789. The average molecular weight is 422 g/mol. The number of amides is 1. The molecule has 0 saturated heterocycles. The summed E-state index contributed by atoms with van der Waals surface area (Å²) in [6.45, 7) is 0. The minimum Gasteiger partial charge on any atom is -0.444 e. The van der Waals surface area contributed by atoms with E-state index in [2.05, 4.69) is 31.4 Å². The van der Waals surface area contributed by atoms with E-state index in [-0.39, 0.29) is 16.7 Å². The number of carbonyl (C=O) groups excluding carboxylic acids is 1. The van der Waals surface area contributed by atoms with Gasteiger partial charge in [-0.05, 0) is 52.3 Å². The number of nitrogens with zero attached hydrogens (tertiary/aromatic N) is 2. The molecule has 0 unspecified atom stereocenters. The van der Waals surface area contributed by atoms with Crippen molar-refractivity contribution in [3.63, 3.8) is 0 Å². The Labute approximate surface area is 152 Å². The highest BCUT2D eigenvalue weighted by molar-refractivity contribution is 9.10. The molecular weight excluding hydrogens is 410 g/mol. The van der Waals surface area contributed by atoms with Crippen molar-refractivity contribution < 1.29 is 17.6 Å². The van der Waals surface area contributed by atoms with Crippen molar-refractivity contribution in [1.29, 1.82) is 0 Å². The molecule has 0 aliphatic heterocycles. The molecule has 0 fully saturated rings. The molecule has 7 nitrogen and oxygen atoms in total. The Kier molecular flexibility index (Phi) is 4.69. The molecule has 0 spiro atoms. The van der Waals surface area contributed by atoms with Gasteiger partial charge in [-0.1, -0.05) is 12.1 Å². The van der Waals surface area contributed by atoms with E-state index in [1.807, 2.05) is 0 Å². The van der Waals surface area contributed by atoms with Crippen LogP contribution in [0.1, 0.15) is 10.6 Å². The van der Waals surface area contributed by atoms with E-state index in [0.29, 0.717) is 16.1 Å². The van der Waals surface area contributed by atoms with Crippen molar-refractivity contribution in [3.8, 4) is 11.3 Å². The second-order valence-electron chi connectivity index (χ2n) is 5.16. The highest BCUT2D eigenvalue weighted by Gasteiger charge is 2.12. The number of benzene rings is 1. The second-order valence-corrected chi connectivity index (χ2v) is 7.91. The van der Waals surface area contributed by atoms with Crippen molar-refractivity contribution in [2.75, 3.05) is 11.6 Å². The maximum atomic E-state index is 12.0. The van der Waals surface area contributed by atoms with Gasteiger partial charge in [0.15, 0.2) is 25.3 Å². The second kappa shape index (κ2) is 6.77. The number of nitrogens with one attached hydrogen (secondary N) is 1. The quantitative estimate of drug-likeness (QED) is 0.693. The van der Waals surface area contributed by atoms with Gasteiger partial charge in [0.05, 0.1) is 5.69 Å². The van der Waals surface area contributed by atoms with Crippen LogP contribution in [-0.4, -0.2) is 30.8 Å². The van der Waals surface area contributed by atoms with Crippen LogP contribution in [0.2, 0.25) is 0 Å². The first-order valence-corrected chi connectivity index (χ1v) is 9.72. The number of rotatable bonds is 4. The monoisotopic (exact) mass is 421 g/mol. The van der Waals surface area contributed by atoms with E-state index in [0.717, 1.165) is 11.8 Å². The van der Waals surface area contributed by atoms with Crippen molar-refractivity contribution in [2.24, 2.45) is 0 Å². The topological polar surface area (TPSA) is 102 Å². The summed E-state index contributed by atoms with van der Waals surface area (Å²) >= 11 is 3.14. The molecule has 0 saturated carbocycles. The fraction of sp³-hybridized carbons (Fsp3) is 0.0625. The molecule has 2 heterocycles. The van der Waals surface area contributed by atoms with Gasteiger partial charge in [-0.25, -0.2) is 8.42 Å². The van der Waals surface area contributed by atoms with Gasteiger partial charge in [-0.2, -0.15) is 0 Å². The smallest absolute Gasteiger partial charge is 0.291 e. The summed E-state index contributed by atoms with van der Waals surface area (Å²) in [5.74, 6) is -0.172. The molecule has 0 radical (unpaired) electrons. The number of anilines is 1. The van der Waals surface area contributed by atoms with Gasteiger partial charge in [-0.15, -0.1) is 10.2 Å². The van der Waals surface area contributed by atoms with E-state index in [1.54, 1.807) is 42.5 Å². The number of aromatic nitrogens is 2. The third kappa shape index (κ3) is 4.12. The third-order valence-corrected chi connectivity index (χ3v) is 4.66. The molecule has 0 atom stereocenters. The molecular formula is C16H12BrN3O4S. The molecule has 1 aromatic carbocycles. The molecule has 0 aliphatic carbocycles. The minimum atomic E-state index is -3.38. The van der Waals surface area contributed by atoms with Crippen LogP contribution in [0, 0.1) is 0 Å². The molecule has 1 N–H and O–H groups in total. The number of sulfone groups is 1. The zero-order valence-electron chi connectivity index (χ0n) is 12.9. The zero-order valence-corrected chi connectivity index (χ0v) is 15.3. The van der Waals surface area contributed by atoms with Crippen molar-refractivity contribution >= 4 is 37.4 Å². The summed E-state index contributed by atoms with van der Waals surface area (Å²) in [7, 11) is -3.38. The molecule has 0 bridgehead atoms. The molecule has 0 aliphatic rings. The zero-order chi connectivity index (χ0) is 18.0. The molecule has 2 aromatic heterocycles. The Balaban J connectivity index is 1.75. The van der Waals surface area contributed by atoms with Crippen LogP contribution in [0.15, 0.2) is 62.6 Å². The summed E-state index contributed by atoms with van der Waals surface area (Å²) in [6, 6.07) is 13.1. The fourth-order valence-corrected chi connectivity index (χ4v) is 2.84. The maximum absolute atomic E-state index is 12.0. The lowest BCUT2D eigenvalue weighted by molar-refractivity contribution is 0.0995. The number of carbonyl (C=O) groups is 1. The van der Waals surface area contributed by atoms with Crippen molar-refractivity contribution in [3.05, 3.63) is 59.0 Å². The summed E-state index contributed by atoms with van der Waals surface area (Å²) in [5, 5.41) is 10.3. The van der Waals surface area contributed by atoms with Crippen LogP contribution in [0.3, 0.4) is 0 Å². The number of hydrogen-bond acceptors (Lipinski definition) is 6. The molecule has 128 valence electrons. The normalized spacial score (nSPS) is 11.3. The van der Waals surface area contributed by atoms with Crippen LogP contribution in [-0.2, 0) is 9.84 Å². The largest absolute Gasteiger partial charge is 0.444 e. The van der Waals surface area contributed by atoms with E-state index in [9.17, 15) is 13.2 Å². The Morgan fingerprint density at radius 2 is 1.76 bits per heavy atom. The van der Waals surface area contributed by atoms with Crippen LogP contribution < -0.4 is 5.32 Å². The third-order valence-electron chi connectivity index (χ3n) is 3.26. The van der Waals surface area contributed by atoms with Gasteiger partial charge < -0.3 is 9.73 Å². The van der Waals surface area contributed by atoms with Crippen molar-refractivity contribution in [2.45, 2.75) is 5.03 Å². The van der Waals surface area contributed by atoms with Crippen LogP contribution >= 0.6 is 15.9 Å². The molecule has 3 rings (SSSR count). The Bertz CT molecular complexity index is 1010. The number of hydrogen-bond donors (Lipinski definition) is 1. The predicted octanol–water partition coefficient (Wildman–Crippen LogP) is 3.15. The van der Waals surface area contributed by atoms with Gasteiger partial charge in [0, 0.05) is 17.5 Å². The standard InChI is InChI=1S/C16H12BrN3O4S/c1-25(22,23)15-9-6-12(19-20-15)10-2-4-11(5-3-10)18-16(21)13-7-8-14(17)24-13/h2-9H,1H3,(H,18,21). The predicted molar refractivity (Wildman–Crippen MR) is 94.9 cm³/mol. The van der Waals surface area contributed by atoms with Gasteiger partial charge in [-0.3, -0.25) is 4.79 Å². The lowest BCUT2D eigenvalue weighted by Gasteiger charge is -2.05.